The first-order chi connectivity index (χ1) is 10.0. The zero-order valence-electron chi connectivity index (χ0n) is 10.8. The highest BCUT2D eigenvalue weighted by atomic mass is 16.6. The van der Waals surface area contributed by atoms with Crippen LogP contribution in [0.15, 0.2) is 42.5 Å². The molecule has 0 saturated heterocycles. The molecule has 2 amide bonds. The van der Waals surface area contributed by atoms with Crippen molar-refractivity contribution in [3.8, 4) is 11.1 Å². The van der Waals surface area contributed by atoms with Crippen molar-refractivity contribution in [3.63, 3.8) is 0 Å². The molecule has 0 aromatic heterocycles. The molecule has 0 unspecified atom stereocenters. The summed E-state index contributed by atoms with van der Waals surface area (Å²) in [6.45, 7) is 0. The quantitative estimate of drug-likeness (QED) is 0.518. The summed E-state index contributed by atoms with van der Waals surface area (Å²) in [7, 11) is 0. The summed E-state index contributed by atoms with van der Waals surface area (Å²) in [5.74, 6) is -0.754. The van der Waals surface area contributed by atoms with Crippen LogP contribution in [0.3, 0.4) is 0 Å². The van der Waals surface area contributed by atoms with Crippen LogP contribution < -0.4 is 5.32 Å². The third kappa shape index (κ3) is 2.38. The molecule has 0 radical (unpaired) electrons. The number of fused-ring (bicyclic) bond motifs is 1. The third-order valence-corrected chi connectivity index (χ3v) is 3.34. The first kappa shape index (κ1) is 13.0. The molecule has 6 heteroatoms. The maximum absolute atomic E-state index is 11.7. The smallest absolute Gasteiger partial charge is 0.270 e. The van der Waals surface area contributed by atoms with Gasteiger partial charge in [-0.25, -0.2) is 0 Å². The number of nitro benzene ring substituents is 1. The van der Waals surface area contributed by atoms with Crippen LogP contribution in [0.5, 0.6) is 0 Å². The molecule has 0 aliphatic carbocycles. The molecule has 0 atom stereocenters. The lowest BCUT2D eigenvalue weighted by molar-refractivity contribution is -0.384. The first-order valence-corrected chi connectivity index (χ1v) is 6.26. The second-order valence-corrected chi connectivity index (χ2v) is 4.73. The number of nitrogens with zero attached hydrogens (tertiary/aromatic N) is 1. The zero-order valence-corrected chi connectivity index (χ0v) is 10.8. The molecule has 1 heterocycles. The van der Waals surface area contributed by atoms with Crippen molar-refractivity contribution in [2.75, 3.05) is 0 Å². The number of hydrogen-bond donors (Lipinski definition) is 1. The Morgan fingerprint density at radius 2 is 1.81 bits per heavy atom. The fourth-order valence-corrected chi connectivity index (χ4v) is 2.35. The number of benzene rings is 2. The average Bonchev–Trinajstić information content (AvgIpc) is 2.46. The summed E-state index contributed by atoms with van der Waals surface area (Å²) in [4.78, 5) is 33.4. The number of hydrogen-bond acceptors (Lipinski definition) is 4. The van der Waals surface area contributed by atoms with Gasteiger partial charge in [-0.15, -0.1) is 0 Å². The maximum Gasteiger partial charge on any atom is 0.270 e. The molecular weight excluding hydrogens is 272 g/mol. The summed E-state index contributed by atoms with van der Waals surface area (Å²) in [5, 5.41) is 13.1. The Balaban J connectivity index is 2.06. The van der Waals surface area contributed by atoms with E-state index in [-0.39, 0.29) is 18.0 Å². The highest BCUT2D eigenvalue weighted by Crippen LogP contribution is 2.27. The second kappa shape index (κ2) is 4.82. The van der Waals surface area contributed by atoms with Gasteiger partial charge < -0.3 is 0 Å². The minimum Gasteiger partial charge on any atom is -0.292 e. The molecule has 1 N–H and O–H groups in total. The van der Waals surface area contributed by atoms with E-state index in [1.54, 1.807) is 30.3 Å². The van der Waals surface area contributed by atoms with Crippen LogP contribution in [0.4, 0.5) is 5.69 Å². The standard InChI is InChI=1S/C15H10N2O4/c18-14-8-11-6-10(4-5-13(11)15(19)16-14)9-2-1-3-12(7-9)17(20)21/h1-7H,8H2,(H,16,18,19). The molecular formula is C15H10N2O4. The van der Waals surface area contributed by atoms with Gasteiger partial charge in [0.05, 0.1) is 11.3 Å². The average molecular weight is 282 g/mol. The maximum atomic E-state index is 11.7. The molecule has 0 saturated carbocycles. The van der Waals surface area contributed by atoms with E-state index in [0.29, 0.717) is 16.7 Å². The van der Waals surface area contributed by atoms with Crippen LogP contribution in [0.25, 0.3) is 11.1 Å². The van der Waals surface area contributed by atoms with E-state index in [2.05, 4.69) is 5.32 Å². The predicted molar refractivity (Wildman–Crippen MR) is 74.7 cm³/mol. The van der Waals surface area contributed by atoms with Gasteiger partial charge in [0.1, 0.15) is 0 Å². The SMILES string of the molecule is O=C1Cc2cc(-c3cccc([N+](=O)[O-])c3)ccc2C(=O)N1. The fraction of sp³-hybridized carbons (Fsp3) is 0.0667. The lowest BCUT2D eigenvalue weighted by atomic mass is 9.94. The van der Waals surface area contributed by atoms with Gasteiger partial charge in [-0.1, -0.05) is 18.2 Å². The Bertz CT molecular complexity index is 783. The van der Waals surface area contributed by atoms with Gasteiger partial charge in [0.25, 0.3) is 11.6 Å². The van der Waals surface area contributed by atoms with E-state index in [0.717, 1.165) is 5.56 Å². The van der Waals surface area contributed by atoms with Gasteiger partial charge in [0, 0.05) is 17.7 Å². The van der Waals surface area contributed by atoms with Crippen LogP contribution in [0, 0.1) is 10.1 Å². The number of amides is 2. The Hall–Kier alpha value is -3.02. The van der Waals surface area contributed by atoms with E-state index in [1.807, 2.05) is 0 Å². The van der Waals surface area contributed by atoms with E-state index in [1.165, 1.54) is 12.1 Å². The number of non-ortho nitro benzene ring substituents is 1. The summed E-state index contributed by atoms with van der Waals surface area (Å²) >= 11 is 0. The summed E-state index contributed by atoms with van der Waals surface area (Å²) in [5.41, 5.74) is 2.50. The van der Waals surface area contributed by atoms with Gasteiger partial charge in [-0.3, -0.25) is 25.0 Å². The topological polar surface area (TPSA) is 89.3 Å². The Morgan fingerprint density at radius 3 is 2.57 bits per heavy atom. The minimum atomic E-state index is -0.459. The molecule has 21 heavy (non-hydrogen) atoms. The number of imide groups is 1. The van der Waals surface area contributed by atoms with Crippen LogP contribution in [0.1, 0.15) is 15.9 Å². The Kier molecular flexibility index (Phi) is 2.98. The van der Waals surface area contributed by atoms with Gasteiger partial charge >= 0.3 is 0 Å². The first-order valence-electron chi connectivity index (χ1n) is 6.26. The van der Waals surface area contributed by atoms with Crippen molar-refractivity contribution in [2.45, 2.75) is 6.42 Å². The largest absolute Gasteiger partial charge is 0.292 e. The number of nitro groups is 1. The molecule has 104 valence electrons. The van der Waals surface area contributed by atoms with Crippen LogP contribution >= 0.6 is 0 Å². The second-order valence-electron chi connectivity index (χ2n) is 4.73. The Morgan fingerprint density at radius 1 is 1.05 bits per heavy atom. The fourth-order valence-electron chi connectivity index (χ4n) is 2.35. The van der Waals surface area contributed by atoms with Crippen LogP contribution in [-0.2, 0) is 11.2 Å². The molecule has 2 aromatic rings. The van der Waals surface area contributed by atoms with E-state index in [4.69, 9.17) is 0 Å². The molecule has 3 rings (SSSR count). The number of nitrogens with one attached hydrogen (secondary N) is 1. The number of carbonyl (C=O) groups excluding carboxylic acids is 2. The highest BCUT2D eigenvalue weighted by Gasteiger charge is 2.22. The van der Waals surface area contributed by atoms with Gasteiger partial charge in [0.2, 0.25) is 5.91 Å². The monoisotopic (exact) mass is 282 g/mol. The van der Waals surface area contributed by atoms with Crippen molar-refractivity contribution in [2.24, 2.45) is 0 Å². The molecule has 2 aromatic carbocycles. The minimum absolute atomic E-state index is 0.000889. The molecule has 1 aliphatic rings. The molecule has 0 bridgehead atoms. The highest BCUT2D eigenvalue weighted by molar-refractivity contribution is 6.10. The lowest BCUT2D eigenvalue weighted by Gasteiger charge is -2.16. The summed E-state index contributed by atoms with van der Waals surface area (Å²) < 4.78 is 0. The van der Waals surface area contributed by atoms with Gasteiger partial charge in [-0.05, 0) is 28.8 Å². The third-order valence-electron chi connectivity index (χ3n) is 3.34. The van der Waals surface area contributed by atoms with Crippen molar-refractivity contribution < 1.29 is 14.5 Å². The van der Waals surface area contributed by atoms with Gasteiger partial charge in [0.15, 0.2) is 0 Å². The van der Waals surface area contributed by atoms with Gasteiger partial charge in [-0.2, -0.15) is 0 Å². The molecule has 1 aliphatic heterocycles. The van der Waals surface area contributed by atoms with Crippen molar-refractivity contribution in [3.05, 3.63) is 63.7 Å². The zero-order chi connectivity index (χ0) is 15.0. The summed E-state index contributed by atoms with van der Waals surface area (Å²) in [6, 6.07) is 11.3. The molecule has 0 spiro atoms. The van der Waals surface area contributed by atoms with E-state index >= 15 is 0 Å². The van der Waals surface area contributed by atoms with E-state index < -0.39 is 10.8 Å². The van der Waals surface area contributed by atoms with Crippen molar-refractivity contribution in [1.82, 2.24) is 5.32 Å². The summed E-state index contributed by atoms with van der Waals surface area (Å²) in [6.07, 6.45) is 0.129. The Labute approximate surface area is 119 Å². The molecule has 0 fully saturated rings. The van der Waals surface area contributed by atoms with Crippen molar-refractivity contribution in [1.29, 1.82) is 0 Å². The lowest BCUT2D eigenvalue weighted by Crippen LogP contribution is -2.37. The van der Waals surface area contributed by atoms with Crippen LogP contribution in [0.2, 0.25) is 0 Å². The molecule has 6 nitrogen and oxygen atoms in total. The predicted octanol–water partition coefficient (Wildman–Crippen LogP) is 2.07. The van der Waals surface area contributed by atoms with Crippen molar-refractivity contribution >= 4 is 17.5 Å². The normalized spacial score (nSPS) is 13.5. The number of rotatable bonds is 2. The van der Waals surface area contributed by atoms with E-state index in [9.17, 15) is 19.7 Å². The van der Waals surface area contributed by atoms with Crippen LogP contribution in [-0.4, -0.2) is 16.7 Å². The number of carbonyl (C=O) groups is 2.